The first-order chi connectivity index (χ1) is 9.85. The molecule has 7 heteroatoms. The third-order valence-corrected chi connectivity index (χ3v) is 3.55. The number of hydrogen-bond acceptors (Lipinski definition) is 4. The summed E-state index contributed by atoms with van der Waals surface area (Å²) >= 11 is 3.51. The fourth-order valence-electron chi connectivity index (χ4n) is 1.87. The predicted molar refractivity (Wildman–Crippen MR) is 84.2 cm³/mol. The molecule has 1 rings (SSSR count). The van der Waals surface area contributed by atoms with E-state index in [0.717, 1.165) is 6.42 Å². The average molecular weight is 359 g/mol. The van der Waals surface area contributed by atoms with E-state index in [1.165, 1.54) is 25.3 Å². The summed E-state index contributed by atoms with van der Waals surface area (Å²) in [5.74, 6) is 0.409. The number of carbonyl (C=O) groups excluding carboxylic acids is 1. The van der Waals surface area contributed by atoms with Crippen LogP contribution < -0.4 is 10.1 Å². The highest BCUT2D eigenvalue weighted by molar-refractivity contribution is 9.09. The number of rotatable bonds is 7. The molecule has 0 saturated carbocycles. The molecule has 0 aliphatic heterocycles. The second-order valence-corrected chi connectivity index (χ2v) is 6.37. The van der Waals surface area contributed by atoms with Gasteiger partial charge in [0.05, 0.1) is 23.7 Å². The summed E-state index contributed by atoms with van der Waals surface area (Å²) in [7, 11) is 1.38. The molecule has 0 aliphatic rings. The van der Waals surface area contributed by atoms with Crippen molar-refractivity contribution in [3.05, 3.63) is 33.9 Å². The zero-order valence-corrected chi connectivity index (χ0v) is 13.8. The van der Waals surface area contributed by atoms with E-state index in [4.69, 9.17) is 4.74 Å². The van der Waals surface area contributed by atoms with Crippen molar-refractivity contribution < 1.29 is 14.5 Å². The number of methoxy groups -OCH3 is 1. The molecule has 1 atom stereocenters. The summed E-state index contributed by atoms with van der Waals surface area (Å²) in [4.78, 5) is 22.5. The Bertz CT molecular complexity index is 520. The van der Waals surface area contributed by atoms with Crippen LogP contribution in [0, 0.1) is 16.0 Å². The maximum atomic E-state index is 12.1. The largest absolute Gasteiger partial charge is 0.496 e. The minimum Gasteiger partial charge on any atom is -0.496 e. The van der Waals surface area contributed by atoms with E-state index in [1.54, 1.807) is 0 Å². The first-order valence-corrected chi connectivity index (χ1v) is 7.51. The second-order valence-electron chi connectivity index (χ2n) is 5.08. The fraction of sp³-hybridized carbons (Fsp3) is 0.500. The summed E-state index contributed by atoms with van der Waals surface area (Å²) in [5, 5.41) is 13.5. The number of hydrogen-bond donors (Lipinski definition) is 1. The van der Waals surface area contributed by atoms with Gasteiger partial charge in [-0.1, -0.05) is 29.8 Å². The molecule has 0 aromatic heterocycles. The molecule has 0 saturated heterocycles. The highest BCUT2D eigenvalue weighted by atomic mass is 79.9. The normalized spacial score (nSPS) is 12.0. The molecule has 21 heavy (non-hydrogen) atoms. The Morgan fingerprint density at radius 1 is 1.48 bits per heavy atom. The fourth-order valence-corrected chi connectivity index (χ4v) is 2.78. The van der Waals surface area contributed by atoms with Crippen LogP contribution in [0.15, 0.2) is 18.2 Å². The Hall–Kier alpha value is -1.63. The molecule has 0 aliphatic carbocycles. The SMILES string of the molecule is COc1cc([N+](=O)[O-])ccc1C(=O)NCC(Br)CC(C)C. The van der Waals surface area contributed by atoms with Gasteiger partial charge < -0.3 is 10.1 Å². The number of alkyl halides is 1. The molecule has 0 bridgehead atoms. The minimum absolute atomic E-state index is 0.110. The maximum absolute atomic E-state index is 12.1. The third kappa shape index (κ3) is 5.34. The van der Waals surface area contributed by atoms with E-state index in [9.17, 15) is 14.9 Å². The van der Waals surface area contributed by atoms with Crippen LogP contribution in [0.1, 0.15) is 30.6 Å². The molecule has 0 radical (unpaired) electrons. The summed E-state index contributed by atoms with van der Waals surface area (Å²) < 4.78 is 5.05. The van der Waals surface area contributed by atoms with E-state index in [0.29, 0.717) is 12.5 Å². The van der Waals surface area contributed by atoms with Crippen LogP contribution >= 0.6 is 15.9 Å². The lowest BCUT2D eigenvalue weighted by atomic mass is 10.1. The smallest absolute Gasteiger partial charge is 0.273 e. The quantitative estimate of drug-likeness (QED) is 0.461. The summed E-state index contributed by atoms with van der Waals surface area (Å²) in [6, 6.07) is 3.93. The van der Waals surface area contributed by atoms with Crippen LogP contribution in [0.25, 0.3) is 0 Å². The van der Waals surface area contributed by atoms with Gasteiger partial charge in [0.1, 0.15) is 5.75 Å². The number of nitrogens with zero attached hydrogens (tertiary/aromatic N) is 1. The van der Waals surface area contributed by atoms with Crippen molar-refractivity contribution in [2.75, 3.05) is 13.7 Å². The van der Waals surface area contributed by atoms with Crippen molar-refractivity contribution in [2.24, 2.45) is 5.92 Å². The van der Waals surface area contributed by atoms with Crippen LogP contribution in [-0.2, 0) is 0 Å². The lowest BCUT2D eigenvalue weighted by Gasteiger charge is -2.14. The van der Waals surface area contributed by atoms with Gasteiger partial charge in [0.2, 0.25) is 0 Å². The lowest BCUT2D eigenvalue weighted by Crippen LogP contribution is -2.30. The Balaban J connectivity index is 2.76. The number of benzene rings is 1. The van der Waals surface area contributed by atoms with Crippen molar-refractivity contribution in [3.63, 3.8) is 0 Å². The number of ether oxygens (including phenoxy) is 1. The van der Waals surface area contributed by atoms with Crippen LogP contribution in [0.2, 0.25) is 0 Å². The van der Waals surface area contributed by atoms with Crippen molar-refractivity contribution in [2.45, 2.75) is 25.1 Å². The Labute approximate surface area is 132 Å². The van der Waals surface area contributed by atoms with E-state index in [2.05, 4.69) is 35.1 Å². The summed E-state index contributed by atoms with van der Waals surface area (Å²) in [6.45, 7) is 4.70. The second kappa shape index (κ2) is 7.97. The summed E-state index contributed by atoms with van der Waals surface area (Å²) in [5.41, 5.74) is 0.175. The molecule has 1 unspecified atom stereocenters. The molecule has 1 N–H and O–H groups in total. The number of nitrogens with one attached hydrogen (secondary N) is 1. The molecule has 0 heterocycles. The lowest BCUT2D eigenvalue weighted by molar-refractivity contribution is -0.384. The number of halogens is 1. The Morgan fingerprint density at radius 2 is 2.14 bits per heavy atom. The summed E-state index contributed by atoms with van der Waals surface area (Å²) in [6.07, 6.45) is 0.942. The number of nitro benzene ring substituents is 1. The van der Waals surface area contributed by atoms with E-state index >= 15 is 0 Å². The first-order valence-electron chi connectivity index (χ1n) is 6.59. The van der Waals surface area contributed by atoms with Gasteiger partial charge in [-0.3, -0.25) is 14.9 Å². The monoisotopic (exact) mass is 358 g/mol. The molecule has 116 valence electrons. The van der Waals surface area contributed by atoms with Crippen molar-refractivity contribution in [1.29, 1.82) is 0 Å². The van der Waals surface area contributed by atoms with Gasteiger partial charge in [-0.15, -0.1) is 0 Å². The number of carbonyl (C=O) groups is 1. The molecular weight excluding hydrogens is 340 g/mol. The molecule has 1 aromatic carbocycles. The van der Waals surface area contributed by atoms with Gasteiger partial charge >= 0.3 is 0 Å². The number of amides is 1. The molecular formula is C14H19BrN2O4. The predicted octanol–water partition coefficient (Wildman–Crippen LogP) is 3.14. The molecule has 6 nitrogen and oxygen atoms in total. The van der Waals surface area contributed by atoms with Gasteiger partial charge in [-0.05, 0) is 18.4 Å². The van der Waals surface area contributed by atoms with Gasteiger partial charge in [0, 0.05) is 17.4 Å². The third-order valence-electron chi connectivity index (χ3n) is 2.85. The van der Waals surface area contributed by atoms with Crippen molar-refractivity contribution >= 4 is 27.5 Å². The zero-order chi connectivity index (χ0) is 16.0. The van der Waals surface area contributed by atoms with Gasteiger partial charge in [0.25, 0.3) is 11.6 Å². The Morgan fingerprint density at radius 3 is 2.67 bits per heavy atom. The van der Waals surface area contributed by atoms with Gasteiger partial charge in [0.15, 0.2) is 0 Å². The number of non-ortho nitro benzene ring substituents is 1. The van der Waals surface area contributed by atoms with E-state index < -0.39 is 4.92 Å². The molecule has 1 aromatic rings. The minimum atomic E-state index is -0.526. The topological polar surface area (TPSA) is 81.5 Å². The molecule has 1 amide bonds. The van der Waals surface area contributed by atoms with Crippen LogP contribution in [0.5, 0.6) is 5.75 Å². The van der Waals surface area contributed by atoms with Crippen LogP contribution in [0.3, 0.4) is 0 Å². The maximum Gasteiger partial charge on any atom is 0.273 e. The van der Waals surface area contributed by atoms with E-state index in [-0.39, 0.29) is 27.7 Å². The van der Waals surface area contributed by atoms with Crippen molar-refractivity contribution in [1.82, 2.24) is 5.32 Å². The highest BCUT2D eigenvalue weighted by Crippen LogP contribution is 2.24. The Kier molecular flexibility index (Phi) is 6.61. The number of nitro groups is 1. The van der Waals surface area contributed by atoms with Gasteiger partial charge in [-0.25, -0.2) is 0 Å². The highest BCUT2D eigenvalue weighted by Gasteiger charge is 2.17. The zero-order valence-electron chi connectivity index (χ0n) is 12.3. The molecule has 0 spiro atoms. The van der Waals surface area contributed by atoms with Crippen LogP contribution in [0.4, 0.5) is 5.69 Å². The standard InChI is InChI=1S/C14H19BrN2O4/c1-9(2)6-10(15)8-16-14(18)12-5-4-11(17(19)20)7-13(12)21-3/h4-5,7,9-10H,6,8H2,1-3H3,(H,16,18). The average Bonchev–Trinajstić information content (AvgIpc) is 2.43. The molecule has 0 fully saturated rings. The first kappa shape index (κ1) is 17.4. The van der Waals surface area contributed by atoms with Gasteiger partial charge in [-0.2, -0.15) is 0 Å². The van der Waals surface area contributed by atoms with E-state index in [1.807, 2.05) is 0 Å². The van der Waals surface area contributed by atoms with Crippen molar-refractivity contribution in [3.8, 4) is 5.75 Å². The van der Waals surface area contributed by atoms with Crippen LogP contribution in [-0.4, -0.2) is 29.3 Å².